The number of thiazole rings is 1. The molecule has 2 aromatic rings. The standard InChI is InChI=1S/C26H29F3N6O3S/c1-3-38-25(36)21-19(13-33-8-9-35-16(11-33)12-34(26(35)37)14-20(28)29)31-23(24-30-7-10-39-24)32-22(21)17-5-4-6-18(27)15(17)2/h4-7,10,16,20,22H,3,8-9,11-14H2,1-2H3,(H,31,32)/t16-,22+/m1/s1. The fraction of sp³-hybridized carbons (Fsp3) is 0.462. The van der Waals surface area contributed by atoms with Crippen LogP contribution in [0.25, 0.3) is 0 Å². The van der Waals surface area contributed by atoms with Crippen molar-refractivity contribution in [2.45, 2.75) is 32.4 Å². The Balaban J connectivity index is 1.49. The van der Waals surface area contributed by atoms with Crippen molar-refractivity contribution in [3.05, 3.63) is 63.0 Å². The number of esters is 1. The number of fused-ring (bicyclic) bond motifs is 1. The first kappa shape index (κ1) is 27.1. The highest BCUT2D eigenvalue weighted by Gasteiger charge is 2.42. The van der Waals surface area contributed by atoms with E-state index in [2.05, 4.69) is 15.2 Å². The van der Waals surface area contributed by atoms with Gasteiger partial charge < -0.3 is 19.9 Å². The van der Waals surface area contributed by atoms with Gasteiger partial charge in [-0.3, -0.25) is 9.89 Å². The van der Waals surface area contributed by atoms with Crippen LogP contribution in [-0.2, 0) is 9.53 Å². The van der Waals surface area contributed by atoms with Crippen molar-refractivity contribution >= 4 is 29.2 Å². The summed E-state index contributed by atoms with van der Waals surface area (Å²) in [5.74, 6) is -0.509. The summed E-state index contributed by atoms with van der Waals surface area (Å²) in [6.45, 7) is 4.73. The Hall–Kier alpha value is -3.45. The monoisotopic (exact) mass is 562 g/mol. The average molecular weight is 563 g/mol. The van der Waals surface area contributed by atoms with Crippen LogP contribution >= 0.6 is 11.3 Å². The van der Waals surface area contributed by atoms with E-state index in [-0.39, 0.29) is 37.3 Å². The molecule has 1 aromatic carbocycles. The van der Waals surface area contributed by atoms with Gasteiger partial charge in [0.1, 0.15) is 11.9 Å². The van der Waals surface area contributed by atoms with Crippen molar-refractivity contribution in [1.82, 2.24) is 25.0 Å². The third-order valence-corrected chi connectivity index (χ3v) is 7.89. The molecule has 2 amide bonds. The molecular weight excluding hydrogens is 533 g/mol. The number of carbonyl (C=O) groups is 2. The first-order valence-electron chi connectivity index (χ1n) is 12.7. The number of amides is 2. The number of aromatic nitrogens is 1. The van der Waals surface area contributed by atoms with Gasteiger partial charge in [0, 0.05) is 50.0 Å². The van der Waals surface area contributed by atoms with Crippen molar-refractivity contribution in [3.63, 3.8) is 0 Å². The number of piperazine rings is 1. The summed E-state index contributed by atoms with van der Waals surface area (Å²) < 4.78 is 46.0. The number of hydrogen-bond donors (Lipinski definition) is 1. The third-order valence-electron chi connectivity index (χ3n) is 7.11. The highest BCUT2D eigenvalue weighted by molar-refractivity contribution is 7.11. The zero-order valence-corrected chi connectivity index (χ0v) is 22.4. The number of rotatable bonds is 8. The van der Waals surface area contributed by atoms with Gasteiger partial charge in [0.2, 0.25) is 0 Å². The number of nitrogens with one attached hydrogen (secondary N) is 1. The van der Waals surface area contributed by atoms with Gasteiger partial charge in [-0.05, 0) is 31.0 Å². The molecule has 1 N–H and O–H groups in total. The van der Waals surface area contributed by atoms with E-state index in [1.54, 1.807) is 37.1 Å². The van der Waals surface area contributed by atoms with Crippen LogP contribution in [0.15, 0.2) is 46.0 Å². The number of benzene rings is 1. The molecular formula is C26H29F3N6O3S. The van der Waals surface area contributed by atoms with Crippen molar-refractivity contribution in [1.29, 1.82) is 0 Å². The van der Waals surface area contributed by atoms with Gasteiger partial charge >= 0.3 is 12.0 Å². The van der Waals surface area contributed by atoms with Crippen LogP contribution in [-0.4, -0.2) is 95.9 Å². The maximum absolute atomic E-state index is 14.6. The first-order valence-corrected chi connectivity index (χ1v) is 13.6. The lowest BCUT2D eigenvalue weighted by Crippen LogP contribution is -2.53. The van der Waals surface area contributed by atoms with E-state index in [1.165, 1.54) is 22.3 Å². The van der Waals surface area contributed by atoms with E-state index in [0.29, 0.717) is 47.3 Å². The quantitative estimate of drug-likeness (QED) is 0.498. The van der Waals surface area contributed by atoms with E-state index in [0.717, 1.165) is 0 Å². The molecule has 4 heterocycles. The summed E-state index contributed by atoms with van der Waals surface area (Å²) in [6, 6.07) is 3.25. The zero-order chi connectivity index (χ0) is 27.7. The number of amidine groups is 1. The lowest BCUT2D eigenvalue weighted by atomic mass is 9.92. The normalized spacial score (nSPS) is 21.8. The smallest absolute Gasteiger partial charge is 0.338 e. The van der Waals surface area contributed by atoms with E-state index in [1.807, 2.05) is 5.38 Å². The van der Waals surface area contributed by atoms with E-state index >= 15 is 0 Å². The molecule has 2 fully saturated rings. The molecule has 2 saturated heterocycles. The van der Waals surface area contributed by atoms with Gasteiger partial charge in [0.05, 0.1) is 24.8 Å². The van der Waals surface area contributed by atoms with Gasteiger partial charge in [-0.1, -0.05) is 12.1 Å². The highest BCUT2D eigenvalue weighted by atomic mass is 32.1. The Morgan fingerprint density at radius 1 is 1.28 bits per heavy atom. The van der Waals surface area contributed by atoms with Crippen LogP contribution in [0.5, 0.6) is 0 Å². The minimum atomic E-state index is -2.60. The zero-order valence-electron chi connectivity index (χ0n) is 21.6. The maximum atomic E-state index is 14.6. The molecule has 13 heteroatoms. The molecule has 1 aromatic heterocycles. The fourth-order valence-electron chi connectivity index (χ4n) is 5.29. The molecule has 39 heavy (non-hydrogen) atoms. The van der Waals surface area contributed by atoms with Gasteiger partial charge in [0.15, 0.2) is 10.8 Å². The van der Waals surface area contributed by atoms with Crippen molar-refractivity contribution in [2.24, 2.45) is 4.99 Å². The number of aliphatic imine (C=N–C) groups is 1. The topological polar surface area (TPSA) is 90.4 Å². The summed E-state index contributed by atoms with van der Waals surface area (Å²) in [6.07, 6.45) is -0.944. The molecule has 0 aliphatic carbocycles. The fourth-order valence-corrected chi connectivity index (χ4v) is 5.88. The predicted molar refractivity (Wildman–Crippen MR) is 139 cm³/mol. The van der Waals surface area contributed by atoms with Crippen molar-refractivity contribution in [2.75, 3.05) is 45.9 Å². The lowest BCUT2D eigenvalue weighted by Gasteiger charge is -2.38. The van der Waals surface area contributed by atoms with Crippen LogP contribution in [0.2, 0.25) is 0 Å². The van der Waals surface area contributed by atoms with Gasteiger partial charge in [-0.15, -0.1) is 11.3 Å². The number of halogens is 3. The second kappa shape index (κ2) is 11.3. The van der Waals surface area contributed by atoms with Crippen molar-refractivity contribution < 1.29 is 27.5 Å². The number of hydrogen-bond acceptors (Lipinski definition) is 8. The van der Waals surface area contributed by atoms with Crippen LogP contribution < -0.4 is 5.32 Å². The Morgan fingerprint density at radius 2 is 2.10 bits per heavy atom. The molecule has 0 unspecified atom stereocenters. The lowest BCUT2D eigenvalue weighted by molar-refractivity contribution is -0.139. The Morgan fingerprint density at radius 3 is 2.82 bits per heavy atom. The first-order chi connectivity index (χ1) is 18.8. The number of urea groups is 1. The molecule has 0 bridgehead atoms. The summed E-state index contributed by atoms with van der Waals surface area (Å²) >= 11 is 1.38. The van der Waals surface area contributed by atoms with Gasteiger partial charge in [-0.25, -0.2) is 27.7 Å². The molecule has 3 aliphatic rings. The van der Waals surface area contributed by atoms with Crippen LogP contribution in [0.1, 0.15) is 29.1 Å². The Kier molecular flexibility index (Phi) is 7.89. The molecule has 208 valence electrons. The molecule has 0 radical (unpaired) electrons. The molecule has 2 atom stereocenters. The van der Waals surface area contributed by atoms with E-state index in [9.17, 15) is 22.8 Å². The third kappa shape index (κ3) is 5.50. The molecule has 3 aliphatic heterocycles. The number of carbonyl (C=O) groups excluding carboxylic acids is 2. The van der Waals surface area contributed by atoms with Crippen LogP contribution in [0.4, 0.5) is 18.0 Å². The van der Waals surface area contributed by atoms with Gasteiger partial charge in [0.25, 0.3) is 6.43 Å². The summed E-state index contributed by atoms with van der Waals surface area (Å²) in [7, 11) is 0. The number of alkyl halides is 2. The molecule has 0 spiro atoms. The number of nitrogens with zero attached hydrogens (tertiary/aromatic N) is 5. The van der Waals surface area contributed by atoms with E-state index in [4.69, 9.17) is 9.73 Å². The summed E-state index contributed by atoms with van der Waals surface area (Å²) in [5.41, 5.74) is 1.74. The minimum Gasteiger partial charge on any atom is -0.463 e. The molecule has 0 saturated carbocycles. The second-order valence-electron chi connectivity index (χ2n) is 9.57. The second-order valence-corrected chi connectivity index (χ2v) is 10.5. The maximum Gasteiger partial charge on any atom is 0.338 e. The Bertz CT molecular complexity index is 1300. The highest BCUT2D eigenvalue weighted by Crippen LogP contribution is 2.35. The Labute approximate surface area is 228 Å². The average Bonchev–Trinajstić information content (AvgIpc) is 3.54. The SMILES string of the molecule is CCOC(=O)C1=C(CN2CCN3C(=O)N(CC(F)F)C[C@H]3C2)NC(c2nccs2)=N[C@H]1c1cccc(F)c1C. The van der Waals surface area contributed by atoms with Crippen LogP contribution in [0.3, 0.4) is 0 Å². The predicted octanol–water partition coefficient (Wildman–Crippen LogP) is 3.19. The largest absolute Gasteiger partial charge is 0.463 e. The summed E-state index contributed by atoms with van der Waals surface area (Å²) in [5, 5.41) is 5.71. The molecule has 9 nitrogen and oxygen atoms in total. The van der Waals surface area contributed by atoms with Crippen LogP contribution in [0, 0.1) is 12.7 Å². The minimum absolute atomic E-state index is 0.149. The van der Waals surface area contributed by atoms with Gasteiger partial charge in [-0.2, -0.15) is 0 Å². The van der Waals surface area contributed by atoms with E-state index < -0.39 is 30.8 Å². The molecule has 5 rings (SSSR count). The summed E-state index contributed by atoms with van der Waals surface area (Å²) in [4.78, 5) is 40.0. The number of ether oxygens (including phenoxy) is 1. The van der Waals surface area contributed by atoms with Crippen molar-refractivity contribution in [3.8, 4) is 0 Å².